The van der Waals surface area contributed by atoms with Crippen LogP contribution in [0.5, 0.6) is 0 Å². The van der Waals surface area contributed by atoms with Crippen LogP contribution in [0.1, 0.15) is 0 Å². The summed E-state index contributed by atoms with van der Waals surface area (Å²) in [6.45, 7) is 0. The van der Waals surface area contributed by atoms with Crippen molar-refractivity contribution in [2.75, 3.05) is 0 Å². The van der Waals surface area contributed by atoms with Crippen molar-refractivity contribution in [2.45, 2.75) is 0 Å². The minimum Gasteiger partial charge on any atom is -0.339 e. The molecule has 2 aromatic heterocycles. The maximum Gasteiger partial charge on any atom is 0.276 e. The molecule has 2 heterocycles. The number of aromatic amines is 2. The van der Waals surface area contributed by atoms with Gasteiger partial charge in [-0.2, -0.15) is 0 Å². The normalized spacial score (nSPS) is 9.45. The SMILES string of the molecule is F.O=c1[nH]cnc2nc[nH]c12. The van der Waals surface area contributed by atoms with Gasteiger partial charge in [-0.3, -0.25) is 9.50 Å². The van der Waals surface area contributed by atoms with Crippen LogP contribution in [0, 0.1) is 0 Å². The maximum absolute atomic E-state index is 10.9. The minimum atomic E-state index is -0.192. The van der Waals surface area contributed by atoms with Gasteiger partial charge in [0.1, 0.15) is 0 Å². The highest BCUT2D eigenvalue weighted by molar-refractivity contribution is 5.67. The number of imidazole rings is 1. The second-order valence-electron chi connectivity index (χ2n) is 1.83. The van der Waals surface area contributed by atoms with Crippen LogP contribution in [0.25, 0.3) is 11.2 Å². The first-order chi connectivity index (χ1) is 4.88. The average Bonchev–Trinajstić information content (AvgIpc) is 2.36. The highest BCUT2D eigenvalue weighted by atomic mass is 19.0. The molecule has 0 atom stereocenters. The van der Waals surface area contributed by atoms with E-state index in [1.807, 2.05) is 0 Å². The molecule has 0 aliphatic carbocycles. The van der Waals surface area contributed by atoms with Crippen LogP contribution in [0.2, 0.25) is 0 Å². The van der Waals surface area contributed by atoms with Crippen LogP contribution in [0.15, 0.2) is 17.4 Å². The number of hydrogen-bond acceptors (Lipinski definition) is 3. The van der Waals surface area contributed by atoms with Gasteiger partial charge < -0.3 is 9.97 Å². The predicted molar refractivity (Wildman–Crippen MR) is 37.0 cm³/mol. The Morgan fingerprint density at radius 2 is 1.82 bits per heavy atom. The van der Waals surface area contributed by atoms with E-state index in [2.05, 4.69) is 19.9 Å². The Bertz CT molecular complexity index is 406. The van der Waals surface area contributed by atoms with E-state index in [1.165, 1.54) is 12.7 Å². The molecule has 0 aromatic carbocycles. The molecular weight excluding hydrogens is 151 g/mol. The fourth-order valence-electron chi connectivity index (χ4n) is 0.776. The number of fused-ring (bicyclic) bond motifs is 1. The van der Waals surface area contributed by atoms with Gasteiger partial charge in [-0.15, -0.1) is 0 Å². The highest BCUT2D eigenvalue weighted by Crippen LogP contribution is 1.94. The summed E-state index contributed by atoms with van der Waals surface area (Å²) in [4.78, 5) is 23.6. The lowest BCUT2D eigenvalue weighted by molar-refractivity contribution is 1.11. The molecule has 6 heteroatoms. The summed E-state index contributed by atoms with van der Waals surface area (Å²) in [7, 11) is 0. The van der Waals surface area contributed by atoms with Crippen LogP contribution in [0.3, 0.4) is 0 Å². The zero-order valence-electron chi connectivity index (χ0n) is 5.37. The van der Waals surface area contributed by atoms with Gasteiger partial charge in [0.15, 0.2) is 11.2 Å². The van der Waals surface area contributed by atoms with Crippen molar-refractivity contribution < 1.29 is 4.70 Å². The monoisotopic (exact) mass is 156 g/mol. The Morgan fingerprint density at radius 3 is 2.45 bits per heavy atom. The third-order valence-corrected chi connectivity index (χ3v) is 1.23. The summed E-state index contributed by atoms with van der Waals surface area (Å²) < 4.78 is 0. The van der Waals surface area contributed by atoms with Crippen molar-refractivity contribution in [3.05, 3.63) is 23.0 Å². The van der Waals surface area contributed by atoms with Crippen molar-refractivity contribution in [3.8, 4) is 0 Å². The Labute approximate surface area is 59.9 Å². The van der Waals surface area contributed by atoms with Crippen LogP contribution < -0.4 is 5.56 Å². The molecule has 58 valence electrons. The number of rotatable bonds is 0. The minimum absolute atomic E-state index is 0. The molecule has 5 nitrogen and oxygen atoms in total. The molecule has 0 saturated heterocycles. The maximum atomic E-state index is 10.9. The van der Waals surface area contributed by atoms with Crippen molar-refractivity contribution in [3.63, 3.8) is 0 Å². The Morgan fingerprint density at radius 1 is 1.18 bits per heavy atom. The molecule has 0 bridgehead atoms. The van der Waals surface area contributed by atoms with E-state index in [0.29, 0.717) is 11.2 Å². The van der Waals surface area contributed by atoms with Gasteiger partial charge in [-0.05, 0) is 0 Å². The second kappa shape index (κ2) is 2.49. The van der Waals surface area contributed by atoms with Gasteiger partial charge in [0.25, 0.3) is 5.56 Å². The van der Waals surface area contributed by atoms with Crippen molar-refractivity contribution in [1.82, 2.24) is 19.9 Å². The van der Waals surface area contributed by atoms with Crippen molar-refractivity contribution in [1.29, 1.82) is 0 Å². The topological polar surface area (TPSA) is 74.4 Å². The fourth-order valence-corrected chi connectivity index (χ4v) is 0.776. The number of halogens is 1. The molecular formula is C5H5FN4O. The molecule has 0 radical (unpaired) electrons. The molecule has 0 aliphatic rings. The predicted octanol–water partition coefficient (Wildman–Crippen LogP) is -0.201. The Kier molecular flexibility index (Phi) is 1.67. The number of nitrogens with zero attached hydrogens (tertiary/aromatic N) is 2. The highest BCUT2D eigenvalue weighted by Gasteiger charge is 1.97. The quantitative estimate of drug-likeness (QED) is 0.554. The van der Waals surface area contributed by atoms with Crippen LogP contribution in [0.4, 0.5) is 4.70 Å². The first kappa shape index (κ1) is 7.39. The summed E-state index contributed by atoms with van der Waals surface area (Å²) in [6.07, 6.45) is 2.76. The zero-order valence-corrected chi connectivity index (χ0v) is 5.37. The molecule has 2 N–H and O–H groups in total. The first-order valence-corrected chi connectivity index (χ1v) is 2.75. The van der Waals surface area contributed by atoms with Gasteiger partial charge in [-0.1, -0.05) is 0 Å². The summed E-state index contributed by atoms with van der Waals surface area (Å²) in [5.41, 5.74) is 0.675. The third kappa shape index (κ3) is 0.977. The first-order valence-electron chi connectivity index (χ1n) is 2.75. The molecule has 0 saturated carbocycles. The average molecular weight is 156 g/mol. The fraction of sp³-hybridized carbons (Fsp3) is 0. The molecule has 0 fully saturated rings. The summed E-state index contributed by atoms with van der Waals surface area (Å²) in [5, 5.41) is 0. The van der Waals surface area contributed by atoms with E-state index in [-0.39, 0.29) is 10.3 Å². The lowest BCUT2D eigenvalue weighted by Crippen LogP contribution is -2.05. The summed E-state index contributed by atoms with van der Waals surface area (Å²) in [6, 6.07) is 0. The number of nitrogens with one attached hydrogen (secondary N) is 2. The standard InChI is InChI=1S/C5H4N4O.FH/c10-5-3-4(7-1-6-3)8-2-9-5;/h1-2H,(H2,6,7,8,9,10);1H. The summed E-state index contributed by atoms with van der Waals surface area (Å²) in [5.74, 6) is 0. The number of aromatic nitrogens is 4. The Hall–Kier alpha value is -1.72. The van der Waals surface area contributed by atoms with Crippen LogP contribution >= 0.6 is 0 Å². The number of H-pyrrole nitrogens is 2. The molecule has 2 rings (SSSR count). The lowest BCUT2D eigenvalue weighted by atomic mass is 10.6. The van der Waals surface area contributed by atoms with E-state index >= 15 is 0 Å². The van der Waals surface area contributed by atoms with E-state index in [1.54, 1.807) is 0 Å². The third-order valence-electron chi connectivity index (χ3n) is 1.23. The van der Waals surface area contributed by atoms with Gasteiger partial charge in [0.05, 0.1) is 12.7 Å². The number of hydrogen-bond donors (Lipinski definition) is 2. The van der Waals surface area contributed by atoms with Gasteiger partial charge in [-0.25, -0.2) is 9.97 Å². The molecule has 0 amide bonds. The zero-order chi connectivity index (χ0) is 6.97. The Balaban J connectivity index is 0.000000605. The largest absolute Gasteiger partial charge is 0.339 e. The second-order valence-corrected chi connectivity index (χ2v) is 1.83. The van der Waals surface area contributed by atoms with Gasteiger partial charge in [0, 0.05) is 0 Å². The molecule has 0 aliphatic heterocycles. The molecule has 0 spiro atoms. The van der Waals surface area contributed by atoms with E-state index < -0.39 is 0 Å². The van der Waals surface area contributed by atoms with Gasteiger partial charge >= 0.3 is 0 Å². The van der Waals surface area contributed by atoms with Crippen molar-refractivity contribution in [2.24, 2.45) is 0 Å². The van der Waals surface area contributed by atoms with Crippen molar-refractivity contribution >= 4 is 11.2 Å². The molecule has 0 unspecified atom stereocenters. The van der Waals surface area contributed by atoms with E-state index in [0.717, 1.165) is 0 Å². The smallest absolute Gasteiger partial charge is 0.276 e. The molecule has 11 heavy (non-hydrogen) atoms. The van der Waals surface area contributed by atoms with E-state index in [4.69, 9.17) is 0 Å². The van der Waals surface area contributed by atoms with Crippen LogP contribution in [-0.2, 0) is 0 Å². The van der Waals surface area contributed by atoms with E-state index in [9.17, 15) is 4.79 Å². The molecule has 2 aromatic rings. The van der Waals surface area contributed by atoms with Crippen LogP contribution in [-0.4, -0.2) is 19.9 Å². The van der Waals surface area contributed by atoms with Gasteiger partial charge in [0.2, 0.25) is 0 Å². The summed E-state index contributed by atoms with van der Waals surface area (Å²) >= 11 is 0. The lowest BCUT2D eigenvalue weighted by Gasteiger charge is -1.81.